The van der Waals surface area contributed by atoms with E-state index in [0.717, 1.165) is 31.5 Å². The average molecular weight is 345 g/mol. The van der Waals surface area contributed by atoms with Gasteiger partial charge in [-0.25, -0.2) is 0 Å². The van der Waals surface area contributed by atoms with Gasteiger partial charge in [-0.1, -0.05) is 46.3 Å². The van der Waals surface area contributed by atoms with Crippen molar-refractivity contribution in [3.63, 3.8) is 0 Å². The minimum atomic E-state index is 0.926. The lowest BCUT2D eigenvalue weighted by molar-refractivity contribution is 0.652. The van der Waals surface area contributed by atoms with Gasteiger partial charge < -0.3 is 9.80 Å². The maximum absolute atomic E-state index is 3.53. The van der Waals surface area contributed by atoms with Crippen molar-refractivity contribution in [1.29, 1.82) is 0 Å². The predicted molar refractivity (Wildman–Crippen MR) is 94.7 cm³/mol. The third-order valence-electron chi connectivity index (χ3n) is 4.16. The van der Waals surface area contributed by atoms with Crippen molar-refractivity contribution in [3.8, 4) is 0 Å². The molecule has 0 radical (unpaired) electrons. The van der Waals surface area contributed by atoms with Gasteiger partial charge in [-0.15, -0.1) is 0 Å². The number of hydrogen-bond acceptors (Lipinski definition) is 2. The monoisotopic (exact) mass is 344 g/mol. The highest BCUT2D eigenvalue weighted by Gasteiger charge is 2.18. The highest BCUT2D eigenvalue weighted by atomic mass is 79.9. The van der Waals surface area contributed by atoms with Gasteiger partial charge >= 0.3 is 0 Å². The molecule has 110 valence electrons. The van der Waals surface area contributed by atoms with Crippen LogP contribution in [0, 0.1) is 6.92 Å². The number of rotatable bonds is 3. The summed E-state index contributed by atoms with van der Waals surface area (Å²) in [6.45, 7) is 6.56. The van der Waals surface area contributed by atoms with E-state index in [2.05, 4.69) is 81.2 Å². The lowest BCUT2D eigenvalue weighted by atomic mass is 10.1. The number of benzene rings is 2. The summed E-state index contributed by atoms with van der Waals surface area (Å²) in [5.74, 6) is 0. The largest absolute Gasteiger partial charge is 0.368 e. The van der Waals surface area contributed by atoms with Crippen molar-refractivity contribution in [1.82, 2.24) is 0 Å². The summed E-state index contributed by atoms with van der Waals surface area (Å²) >= 11 is 3.53. The van der Waals surface area contributed by atoms with Crippen molar-refractivity contribution in [2.75, 3.05) is 36.0 Å². The smallest absolute Gasteiger partial charge is 0.0397 e. The van der Waals surface area contributed by atoms with Crippen LogP contribution in [0.25, 0.3) is 0 Å². The van der Waals surface area contributed by atoms with E-state index in [4.69, 9.17) is 0 Å². The van der Waals surface area contributed by atoms with E-state index in [-0.39, 0.29) is 0 Å². The zero-order valence-corrected chi connectivity index (χ0v) is 14.0. The van der Waals surface area contributed by atoms with Crippen LogP contribution in [-0.4, -0.2) is 26.2 Å². The molecular weight excluding hydrogens is 324 g/mol. The highest BCUT2D eigenvalue weighted by Crippen LogP contribution is 2.25. The first-order valence-corrected chi connectivity index (χ1v) is 8.60. The van der Waals surface area contributed by atoms with Gasteiger partial charge in [0.15, 0.2) is 0 Å². The molecule has 2 aromatic rings. The van der Waals surface area contributed by atoms with Crippen LogP contribution in [0.2, 0.25) is 0 Å². The topological polar surface area (TPSA) is 6.48 Å². The summed E-state index contributed by atoms with van der Waals surface area (Å²) in [5, 5.41) is 0.926. The molecule has 0 N–H and O–H groups in total. The SMILES string of the molecule is Cc1cc(CBr)ccc1N1CCN(c2ccccc2)CC1. The average Bonchev–Trinajstić information content (AvgIpc) is 2.56. The first-order valence-electron chi connectivity index (χ1n) is 7.48. The van der Waals surface area contributed by atoms with Crippen LogP contribution < -0.4 is 9.80 Å². The Morgan fingerprint density at radius 2 is 1.57 bits per heavy atom. The zero-order valence-electron chi connectivity index (χ0n) is 12.4. The maximum Gasteiger partial charge on any atom is 0.0397 e. The quantitative estimate of drug-likeness (QED) is 0.769. The Bertz CT molecular complexity index is 589. The van der Waals surface area contributed by atoms with E-state index in [9.17, 15) is 0 Å². The number of hydrogen-bond donors (Lipinski definition) is 0. The molecule has 0 bridgehead atoms. The van der Waals surface area contributed by atoms with Crippen LogP contribution in [-0.2, 0) is 5.33 Å². The number of piperazine rings is 1. The fraction of sp³-hybridized carbons (Fsp3) is 0.333. The summed E-state index contributed by atoms with van der Waals surface area (Å²) in [7, 11) is 0. The Kier molecular flexibility index (Phi) is 4.49. The molecule has 1 saturated heterocycles. The third-order valence-corrected chi connectivity index (χ3v) is 4.80. The van der Waals surface area contributed by atoms with Crippen molar-refractivity contribution in [3.05, 3.63) is 59.7 Å². The third kappa shape index (κ3) is 3.24. The van der Waals surface area contributed by atoms with Gasteiger partial charge in [0.2, 0.25) is 0 Å². The van der Waals surface area contributed by atoms with E-state index >= 15 is 0 Å². The highest BCUT2D eigenvalue weighted by molar-refractivity contribution is 9.08. The minimum absolute atomic E-state index is 0.926. The molecule has 1 aliphatic rings. The van der Waals surface area contributed by atoms with Gasteiger partial charge in [0, 0.05) is 42.9 Å². The van der Waals surface area contributed by atoms with Gasteiger partial charge in [-0.2, -0.15) is 0 Å². The van der Waals surface area contributed by atoms with Gasteiger partial charge in [0.25, 0.3) is 0 Å². The van der Waals surface area contributed by atoms with Crippen molar-refractivity contribution >= 4 is 27.3 Å². The Balaban J connectivity index is 1.68. The second-order valence-corrected chi connectivity index (χ2v) is 6.12. The molecule has 0 amide bonds. The zero-order chi connectivity index (χ0) is 14.7. The number of nitrogens with zero attached hydrogens (tertiary/aromatic N) is 2. The van der Waals surface area contributed by atoms with E-state index in [1.54, 1.807) is 0 Å². The molecule has 21 heavy (non-hydrogen) atoms. The molecule has 2 nitrogen and oxygen atoms in total. The molecule has 0 saturated carbocycles. The number of alkyl halides is 1. The Labute approximate surface area is 135 Å². The molecule has 0 unspecified atom stereocenters. The fourth-order valence-electron chi connectivity index (χ4n) is 3.00. The van der Waals surface area contributed by atoms with Gasteiger partial charge in [-0.3, -0.25) is 0 Å². The van der Waals surface area contributed by atoms with E-state index in [1.165, 1.54) is 22.5 Å². The molecule has 1 aliphatic heterocycles. The van der Waals surface area contributed by atoms with E-state index < -0.39 is 0 Å². The van der Waals surface area contributed by atoms with Crippen LogP contribution >= 0.6 is 15.9 Å². The van der Waals surface area contributed by atoms with Crippen molar-refractivity contribution in [2.45, 2.75) is 12.3 Å². The van der Waals surface area contributed by atoms with Gasteiger partial charge in [0.1, 0.15) is 0 Å². The van der Waals surface area contributed by atoms with Crippen LogP contribution in [0.4, 0.5) is 11.4 Å². The van der Waals surface area contributed by atoms with E-state index in [1.807, 2.05) is 0 Å². The van der Waals surface area contributed by atoms with E-state index in [0.29, 0.717) is 0 Å². The molecule has 0 spiro atoms. The molecule has 0 atom stereocenters. The second-order valence-electron chi connectivity index (χ2n) is 5.56. The lowest BCUT2D eigenvalue weighted by Gasteiger charge is -2.38. The van der Waals surface area contributed by atoms with Crippen molar-refractivity contribution < 1.29 is 0 Å². The number of halogens is 1. The van der Waals surface area contributed by atoms with Gasteiger partial charge in [-0.05, 0) is 36.2 Å². The second kappa shape index (κ2) is 6.52. The fourth-order valence-corrected chi connectivity index (χ4v) is 3.35. The number of aryl methyl sites for hydroxylation is 1. The van der Waals surface area contributed by atoms with Crippen molar-refractivity contribution in [2.24, 2.45) is 0 Å². The first kappa shape index (κ1) is 14.5. The summed E-state index contributed by atoms with van der Waals surface area (Å²) in [6.07, 6.45) is 0. The summed E-state index contributed by atoms with van der Waals surface area (Å²) in [4.78, 5) is 4.98. The molecule has 1 heterocycles. The molecule has 3 rings (SSSR count). The Hall–Kier alpha value is -1.48. The predicted octanol–water partition coefficient (Wildman–Crippen LogP) is 4.22. The summed E-state index contributed by atoms with van der Waals surface area (Å²) < 4.78 is 0. The molecular formula is C18H21BrN2. The number of para-hydroxylation sites is 1. The van der Waals surface area contributed by atoms with Crippen LogP contribution in [0.15, 0.2) is 48.5 Å². The molecule has 3 heteroatoms. The molecule has 0 aliphatic carbocycles. The standard InChI is InChI=1S/C18H21BrN2/c1-15-13-16(14-19)7-8-18(15)21-11-9-20(10-12-21)17-5-3-2-4-6-17/h2-8,13H,9-12,14H2,1H3. The lowest BCUT2D eigenvalue weighted by Crippen LogP contribution is -2.46. The van der Waals surface area contributed by atoms with Crippen LogP contribution in [0.3, 0.4) is 0 Å². The normalized spacial score (nSPS) is 15.3. The summed E-state index contributed by atoms with van der Waals surface area (Å²) in [5.41, 5.74) is 5.44. The molecule has 2 aromatic carbocycles. The maximum atomic E-state index is 3.53. The molecule has 0 aromatic heterocycles. The van der Waals surface area contributed by atoms with Crippen LogP contribution in [0.1, 0.15) is 11.1 Å². The minimum Gasteiger partial charge on any atom is -0.368 e. The number of anilines is 2. The van der Waals surface area contributed by atoms with Gasteiger partial charge in [0.05, 0.1) is 0 Å². The summed E-state index contributed by atoms with van der Waals surface area (Å²) in [6, 6.07) is 17.5. The first-order chi connectivity index (χ1) is 10.3. The molecule has 1 fully saturated rings. The van der Waals surface area contributed by atoms with Crippen LogP contribution in [0.5, 0.6) is 0 Å². The Morgan fingerprint density at radius 3 is 2.19 bits per heavy atom. The Morgan fingerprint density at radius 1 is 0.905 bits per heavy atom.